The molecule has 1 aliphatic rings. The van der Waals surface area contributed by atoms with E-state index in [4.69, 9.17) is 9.47 Å². The zero-order valence-electron chi connectivity index (χ0n) is 13.2. The quantitative estimate of drug-likeness (QED) is 0.611. The molecule has 1 aliphatic heterocycles. The summed E-state index contributed by atoms with van der Waals surface area (Å²) in [6.07, 6.45) is -0.284. The van der Waals surface area contributed by atoms with Gasteiger partial charge in [-0.25, -0.2) is 0 Å². The summed E-state index contributed by atoms with van der Waals surface area (Å²) >= 11 is 0. The summed E-state index contributed by atoms with van der Waals surface area (Å²) in [5, 5.41) is 14.3. The van der Waals surface area contributed by atoms with Crippen molar-refractivity contribution in [3.8, 4) is 11.5 Å². The highest BCUT2D eigenvalue weighted by Crippen LogP contribution is 2.31. The number of rotatable bonds is 7. The van der Waals surface area contributed by atoms with E-state index >= 15 is 0 Å². The molecule has 2 rings (SSSR count). The zero-order chi connectivity index (χ0) is 15.2. The Hall–Kier alpha value is -1.30. The molecule has 3 atom stereocenters. The molecule has 5 nitrogen and oxygen atoms in total. The summed E-state index contributed by atoms with van der Waals surface area (Å²) in [6.45, 7) is 8.36. The third-order valence-electron chi connectivity index (χ3n) is 3.78. The molecular weight excluding hydrogens is 268 g/mol. The number of quaternary nitrogens is 2. The van der Waals surface area contributed by atoms with Gasteiger partial charge in [0.15, 0.2) is 23.7 Å². The van der Waals surface area contributed by atoms with Gasteiger partial charge in [-0.1, -0.05) is 12.1 Å². The van der Waals surface area contributed by atoms with Crippen LogP contribution < -0.4 is 20.1 Å². The normalized spacial score (nSPS) is 20.3. The predicted octanol–water partition coefficient (Wildman–Crippen LogP) is -0.889. The first kappa shape index (κ1) is 16.1. The lowest BCUT2D eigenvalue weighted by molar-refractivity contribution is -0.721. The highest BCUT2D eigenvalue weighted by molar-refractivity contribution is 5.40. The van der Waals surface area contributed by atoms with Crippen LogP contribution in [0.3, 0.4) is 0 Å². The molecule has 0 fully saturated rings. The van der Waals surface area contributed by atoms with Gasteiger partial charge in [0.2, 0.25) is 0 Å². The SMILES string of the molecule is CC(C)[NH2+]C[C@@H](O)C[NH2+][C@@H](C)[C@@H]1COc2ccccc2O1. The van der Waals surface area contributed by atoms with Gasteiger partial charge in [-0.05, 0) is 32.9 Å². The monoisotopic (exact) mass is 296 g/mol. The van der Waals surface area contributed by atoms with Crippen molar-refractivity contribution >= 4 is 0 Å². The van der Waals surface area contributed by atoms with E-state index in [0.717, 1.165) is 18.0 Å². The molecule has 0 radical (unpaired) electrons. The minimum absolute atomic E-state index is 0.0150. The molecule has 5 heteroatoms. The molecule has 0 saturated carbocycles. The van der Waals surface area contributed by atoms with Crippen LogP contribution in [-0.2, 0) is 0 Å². The summed E-state index contributed by atoms with van der Waals surface area (Å²) in [6, 6.07) is 8.51. The van der Waals surface area contributed by atoms with Crippen LogP contribution in [0.25, 0.3) is 0 Å². The second-order valence-electron chi connectivity index (χ2n) is 6.11. The van der Waals surface area contributed by atoms with Crippen molar-refractivity contribution in [3.05, 3.63) is 24.3 Å². The van der Waals surface area contributed by atoms with E-state index in [2.05, 4.69) is 31.4 Å². The minimum Gasteiger partial charge on any atom is -0.486 e. The summed E-state index contributed by atoms with van der Waals surface area (Å²) in [5.74, 6) is 1.62. The lowest BCUT2D eigenvalue weighted by atomic mass is 10.1. The third-order valence-corrected chi connectivity index (χ3v) is 3.78. The van der Waals surface area contributed by atoms with E-state index in [9.17, 15) is 5.11 Å². The van der Waals surface area contributed by atoms with Gasteiger partial charge < -0.3 is 25.2 Å². The van der Waals surface area contributed by atoms with Crippen LogP contribution in [0, 0.1) is 0 Å². The predicted molar refractivity (Wildman–Crippen MR) is 80.5 cm³/mol. The summed E-state index contributed by atoms with van der Waals surface area (Å²) in [7, 11) is 0. The van der Waals surface area contributed by atoms with Crippen molar-refractivity contribution in [1.29, 1.82) is 0 Å². The Balaban J connectivity index is 1.76. The number of hydrogen-bond acceptors (Lipinski definition) is 3. The van der Waals surface area contributed by atoms with Gasteiger partial charge in [0, 0.05) is 0 Å². The van der Waals surface area contributed by atoms with Crippen LogP contribution in [0.4, 0.5) is 0 Å². The van der Waals surface area contributed by atoms with Crippen molar-refractivity contribution in [3.63, 3.8) is 0 Å². The van der Waals surface area contributed by atoms with E-state index in [1.54, 1.807) is 0 Å². The number of para-hydroxylation sites is 2. The molecule has 0 spiro atoms. The molecule has 1 aromatic carbocycles. The molecular formula is C16H28N2O3+2. The van der Waals surface area contributed by atoms with Crippen molar-refractivity contribution in [2.45, 2.75) is 45.1 Å². The molecule has 0 bridgehead atoms. The fourth-order valence-corrected chi connectivity index (χ4v) is 2.34. The van der Waals surface area contributed by atoms with Crippen molar-refractivity contribution < 1.29 is 25.2 Å². The van der Waals surface area contributed by atoms with Gasteiger partial charge in [-0.3, -0.25) is 0 Å². The molecule has 5 N–H and O–H groups in total. The Kier molecular flexibility index (Phi) is 5.85. The molecule has 118 valence electrons. The third kappa shape index (κ3) is 4.88. The van der Waals surface area contributed by atoms with Gasteiger partial charge in [-0.15, -0.1) is 0 Å². The molecule has 0 unspecified atom stereocenters. The van der Waals surface area contributed by atoms with Gasteiger partial charge in [0.1, 0.15) is 25.7 Å². The van der Waals surface area contributed by atoms with Gasteiger partial charge in [0.05, 0.1) is 6.04 Å². The first-order valence-electron chi connectivity index (χ1n) is 7.79. The number of aliphatic hydroxyl groups is 1. The van der Waals surface area contributed by atoms with Crippen molar-refractivity contribution in [2.75, 3.05) is 19.7 Å². The molecule has 0 amide bonds. The lowest BCUT2D eigenvalue weighted by Crippen LogP contribution is -2.97. The van der Waals surface area contributed by atoms with E-state index < -0.39 is 0 Å². The topological polar surface area (TPSA) is 71.9 Å². The van der Waals surface area contributed by atoms with Gasteiger partial charge >= 0.3 is 0 Å². The summed E-state index contributed by atoms with van der Waals surface area (Å²) < 4.78 is 11.7. The second kappa shape index (κ2) is 7.64. The Bertz CT molecular complexity index is 439. The van der Waals surface area contributed by atoms with Crippen LogP contribution in [0.5, 0.6) is 11.5 Å². The first-order valence-corrected chi connectivity index (χ1v) is 7.79. The smallest absolute Gasteiger partial charge is 0.184 e. The van der Waals surface area contributed by atoms with E-state index in [-0.39, 0.29) is 18.2 Å². The highest BCUT2D eigenvalue weighted by Gasteiger charge is 2.28. The number of fused-ring (bicyclic) bond motifs is 1. The maximum absolute atomic E-state index is 9.97. The van der Waals surface area contributed by atoms with Gasteiger partial charge in [0.25, 0.3) is 0 Å². The number of nitrogens with two attached hydrogens (primary N) is 2. The molecule has 0 aliphatic carbocycles. The molecule has 0 aromatic heterocycles. The minimum atomic E-state index is -0.299. The fraction of sp³-hybridized carbons (Fsp3) is 0.625. The average molecular weight is 296 g/mol. The Labute approximate surface area is 126 Å². The standard InChI is InChI=1S/C16H26N2O3/c1-11(2)17-8-13(19)9-18-12(3)16-10-20-14-6-4-5-7-15(14)21-16/h4-7,11-13,16-19H,8-10H2,1-3H3/p+2/t12-,13+,16-/m0/s1. The zero-order valence-corrected chi connectivity index (χ0v) is 13.2. The Morgan fingerprint density at radius 2 is 1.81 bits per heavy atom. The largest absolute Gasteiger partial charge is 0.486 e. The molecule has 0 saturated heterocycles. The summed E-state index contributed by atoms with van der Waals surface area (Å²) in [5.41, 5.74) is 0. The van der Waals surface area contributed by atoms with Crippen molar-refractivity contribution in [1.82, 2.24) is 0 Å². The van der Waals surface area contributed by atoms with Crippen LogP contribution in [0.1, 0.15) is 20.8 Å². The van der Waals surface area contributed by atoms with Gasteiger partial charge in [-0.2, -0.15) is 0 Å². The van der Waals surface area contributed by atoms with Crippen molar-refractivity contribution in [2.24, 2.45) is 0 Å². The maximum Gasteiger partial charge on any atom is 0.184 e. The van der Waals surface area contributed by atoms with E-state index in [0.29, 0.717) is 19.2 Å². The van der Waals surface area contributed by atoms with Crippen LogP contribution in [0.15, 0.2) is 24.3 Å². The first-order chi connectivity index (χ1) is 10.1. The van der Waals surface area contributed by atoms with Crippen LogP contribution in [0.2, 0.25) is 0 Å². The Morgan fingerprint density at radius 1 is 1.14 bits per heavy atom. The number of ether oxygens (including phenoxy) is 2. The summed E-state index contributed by atoms with van der Waals surface area (Å²) in [4.78, 5) is 0. The molecule has 21 heavy (non-hydrogen) atoms. The van der Waals surface area contributed by atoms with E-state index in [1.165, 1.54) is 0 Å². The number of hydrogen-bond donors (Lipinski definition) is 3. The number of benzene rings is 1. The average Bonchev–Trinajstić information content (AvgIpc) is 2.50. The highest BCUT2D eigenvalue weighted by atomic mass is 16.6. The second-order valence-corrected chi connectivity index (χ2v) is 6.11. The molecule has 1 heterocycles. The number of aliphatic hydroxyl groups excluding tert-OH is 1. The molecule has 1 aromatic rings. The fourth-order valence-electron chi connectivity index (χ4n) is 2.34. The Morgan fingerprint density at radius 3 is 2.52 bits per heavy atom. The van der Waals surface area contributed by atoms with Crippen LogP contribution >= 0.6 is 0 Å². The van der Waals surface area contributed by atoms with E-state index in [1.807, 2.05) is 24.3 Å². The maximum atomic E-state index is 9.97. The lowest BCUT2D eigenvalue weighted by Gasteiger charge is -2.29. The van der Waals surface area contributed by atoms with Crippen LogP contribution in [-0.4, -0.2) is 49.1 Å².